The molecule has 4 nitrogen and oxygen atoms in total. The molecule has 0 unspecified atom stereocenters. The van der Waals surface area contributed by atoms with E-state index in [1.54, 1.807) is 0 Å². The molecule has 1 aromatic heterocycles. The van der Waals surface area contributed by atoms with Gasteiger partial charge >= 0.3 is 0 Å². The average Bonchev–Trinajstić information content (AvgIpc) is 3.10. The van der Waals surface area contributed by atoms with Crippen LogP contribution in [0.4, 0.5) is 0 Å². The normalized spacial score (nSPS) is 17.4. The molecule has 1 aliphatic carbocycles. The summed E-state index contributed by atoms with van der Waals surface area (Å²) in [4.78, 5) is 0. The largest absolute Gasteiger partial charge is 0.373 e. The van der Waals surface area contributed by atoms with E-state index in [1.165, 1.54) is 12.8 Å². The van der Waals surface area contributed by atoms with Gasteiger partial charge in [-0.05, 0) is 31.0 Å². The molecular formula is C16H21N3O. The van der Waals surface area contributed by atoms with E-state index < -0.39 is 0 Å². The van der Waals surface area contributed by atoms with Gasteiger partial charge in [0.25, 0.3) is 0 Å². The summed E-state index contributed by atoms with van der Waals surface area (Å²) in [5, 5.41) is 4.52. The quantitative estimate of drug-likeness (QED) is 0.909. The molecule has 0 radical (unpaired) electrons. The van der Waals surface area contributed by atoms with Crippen molar-refractivity contribution in [1.82, 2.24) is 9.78 Å². The second-order valence-electron chi connectivity index (χ2n) is 5.65. The molecule has 2 aromatic rings. The number of nitrogens with two attached hydrogens (primary N) is 1. The highest BCUT2D eigenvalue weighted by atomic mass is 16.5. The highest BCUT2D eigenvalue weighted by molar-refractivity contribution is 5.30. The molecule has 20 heavy (non-hydrogen) atoms. The van der Waals surface area contributed by atoms with Crippen molar-refractivity contribution in [3.63, 3.8) is 0 Å². The van der Waals surface area contributed by atoms with Gasteiger partial charge in [0.05, 0.1) is 24.6 Å². The molecule has 1 heterocycles. The first-order chi connectivity index (χ1) is 9.75. The van der Waals surface area contributed by atoms with Gasteiger partial charge in [0.1, 0.15) is 0 Å². The minimum atomic E-state index is -0.109. The van der Waals surface area contributed by atoms with Crippen LogP contribution in [0.1, 0.15) is 31.4 Å². The van der Waals surface area contributed by atoms with Crippen molar-refractivity contribution in [1.29, 1.82) is 0 Å². The summed E-state index contributed by atoms with van der Waals surface area (Å²) in [7, 11) is 0. The Morgan fingerprint density at radius 3 is 2.65 bits per heavy atom. The van der Waals surface area contributed by atoms with Crippen molar-refractivity contribution in [2.75, 3.05) is 6.61 Å². The number of ether oxygens (including phenoxy) is 1. The van der Waals surface area contributed by atoms with Gasteiger partial charge in [0.2, 0.25) is 0 Å². The van der Waals surface area contributed by atoms with Crippen molar-refractivity contribution < 1.29 is 4.74 Å². The molecule has 1 fully saturated rings. The second-order valence-corrected chi connectivity index (χ2v) is 5.65. The van der Waals surface area contributed by atoms with Crippen LogP contribution in [0.3, 0.4) is 0 Å². The van der Waals surface area contributed by atoms with Crippen LogP contribution in [0.5, 0.6) is 0 Å². The number of nitrogens with zero attached hydrogens (tertiary/aromatic N) is 2. The molecule has 0 spiro atoms. The van der Waals surface area contributed by atoms with E-state index >= 15 is 0 Å². The lowest BCUT2D eigenvalue weighted by atomic mass is 10.0. The van der Waals surface area contributed by atoms with Gasteiger partial charge in [-0.15, -0.1) is 0 Å². The van der Waals surface area contributed by atoms with Crippen molar-refractivity contribution >= 4 is 0 Å². The Morgan fingerprint density at radius 1 is 1.15 bits per heavy atom. The molecule has 2 N–H and O–H groups in total. The van der Waals surface area contributed by atoms with E-state index in [0.717, 1.165) is 24.2 Å². The number of hydrogen-bond acceptors (Lipinski definition) is 3. The van der Waals surface area contributed by atoms with E-state index in [-0.39, 0.29) is 5.54 Å². The van der Waals surface area contributed by atoms with E-state index in [2.05, 4.69) is 5.10 Å². The summed E-state index contributed by atoms with van der Waals surface area (Å²) >= 11 is 0. The van der Waals surface area contributed by atoms with E-state index in [1.807, 2.05) is 47.3 Å². The first-order valence-corrected chi connectivity index (χ1v) is 7.22. The Labute approximate surface area is 119 Å². The Hall–Kier alpha value is -1.65. The van der Waals surface area contributed by atoms with Gasteiger partial charge in [0, 0.05) is 11.7 Å². The van der Waals surface area contributed by atoms with E-state index in [0.29, 0.717) is 13.2 Å². The van der Waals surface area contributed by atoms with Crippen LogP contribution in [-0.4, -0.2) is 21.9 Å². The first kappa shape index (κ1) is 13.3. The minimum Gasteiger partial charge on any atom is -0.373 e. The SMILES string of the molecule is NC1(COCc2ccn(-c3ccccc3)n2)CCCC1. The zero-order valence-electron chi connectivity index (χ0n) is 11.7. The van der Waals surface area contributed by atoms with E-state index in [9.17, 15) is 0 Å². The molecule has 1 aliphatic rings. The summed E-state index contributed by atoms with van der Waals surface area (Å²) in [6, 6.07) is 12.1. The fraction of sp³-hybridized carbons (Fsp3) is 0.438. The van der Waals surface area contributed by atoms with Gasteiger partial charge < -0.3 is 10.5 Å². The summed E-state index contributed by atoms with van der Waals surface area (Å²) in [5.74, 6) is 0. The molecule has 3 rings (SSSR count). The maximum Gasteiger partial charge on any atom is 0.0907 e. The lowest BCUT2D eigenvalue weighted by Crippen LogP contribution is -2.41. The topological polar surface area (TPSA) is 53.1 Å². The monoisotopic (exact) mass is 271 g/mol. The minimum absolute atomic E-state index is 0.109. The van der Waals surface area contributed by atoms with Crippen molar-refractivity contribution in [2.45, 2.75) is 37.8 Å². The smallest absolute Gasteiger partial charge is 0.0907 e. The van der Waals surface area contributed by atoms with Gasteiger partial charge in [-0.25, -0.2) is 4.68 Å². The molecule has 0 saturated heterocycles. The number of rotatable bonds is 5. The Kier molecular flexibility index (Phi) is 3.85. The molecule has 4 heteroatoms. The van der Waals surface area contributed by atoms with Crippen LogP contribution < -0.4 is 5.73 Å². The zero-order valence-corrected chi connectivity index (χ0v) is 11.7. The lowest BCUT2D eigenvalue weighted by Gasteiger charge is -2.22. The second kappa shape index (κ2) is 5.77. The summed E-state index contributed by atoms with van der Waals surface area (Å²) in [6.07, 6.45) is 6.56. The fourth-order valence-electron chi connectivity index (χ4n) is 2.75. The number of benzene rings is 1. The van der Waals surface area contributed by atoms with Crippen LogP contribution in [0.2, 0.25) is 0 Å². The van der Waals surface area contributed by atoms with Crippen LogP contribution in [0.15, 0.2) is 42.6 Å². The summed E-state index contributed by atoms with van der Waals surface area (Å²) < 4.78 is 7.62. The third-order valence-electron chi connectivity index (χ3n) is 3.90. The van der Waals surface area contributed by atoms with Gasteiger partial charge in [-0.3, -0.25) is 0 Å². The third kappa shape index (κ3) is 3.08. The zero-order chi connectivity index (χ0) is 13.8. The summed E-state index contributed by atoms with van der Waals surface area (Å²) in [6.45, 7) is 1.16. The summed E-state index contributed by atoms with van der Waals surface area (Å²) in [5.41, 5.74) is 8.16. The first-order valence-electron chi connectivity index (χ1n) is 7.22. The fourth-order valence-corrected chi connectivity index (χ4v) is 2.75. The number of para-hydroxylation sites is 1. The van der Waals surface area contributed by atoms with Gasteiger partial charge in [-0.1, -0.05) is 31.0 Å². The standard InChI is InChI=1S/C16H21N3O/c17-16(9-4-5-10-16)13-20-12-14-8-11-19(18-14)15-6-2-1-3-7-15/h1-3,6-8,11H,4-5,9-10,12-13,17H2. The Morgan fingerprint density at radius 2 is 1.90 bits per heavy atom. The third-order valence-corrected chi connectivity index (χ3v) is 3.90. The van der Waals surface area contributed by atoms with Gasteiger partial charge in [0.15, 0.2) is 0 Å². The van der Waals surface area contributed by atoms with Crippen LogP contribution in [0, 0.1) is 0 Å². The molecule has 0 aliphatic heterocycles. The Bertz CT molecular complexity index is 544. The predicted molar refractivity (Wildman–Crippen MR) is 78.6 cm³/mol. The highest BCUT2D eigenvalue weighted by Gasteiger charge is 2.29. The molecule has 1 aromatic carbocycles. The maximum absolute atomic E-state index is 6.27. The number of hydrogen-bond donors (Lipinski definition) is 1. The number of aromatic nitrogens is 2. The molecule has 0 atom stereocenters. The molecule has 0 bridgehead atoms. The highest BCUT2D eigenvalue weighted by Crippen LogP contribution is 2.27. The molecular weight excluding hydrogens is 250 g/mol. The van der Waals surface area contributed by atoms with Crippen LogP contribution in [-0.2, 0) is 11.3 Å². The van der Waals surface area contributed by atoms with Crippen molar-refractivity contribution in [3.05, 3.63) is 48.3 Å². The molecule has 106 valence electrons. The Balaban J connectivity index is 1.55. The van der Waals surface area contributed by atoms with Crippen LogP contribution in [0.25, 0.3) is 5.69 Å². The van der Waals surface area contributed by atoms with Crippen LogP contribution >= 0.6 is 0 Å². The lowest BCUT2D eigenvalue weighted by molar-refractivity contribution is 0.0730. The van der Waals surface area contributed by atoms with Crippen molar-refractivity contribution in [2.24, 2.45) is 5.73 Å². The molecule has 0 amide bonds. The predicted octanol–water partition coefficient (Wildman–Crippen LogP) is 2.66. The maximum atomic E-state index is 6.27. The average molecular weight is 271 g/mol. The molecule has 1 saturated carbocycles. The van der Waals surface area contributed by atoms with Gasteiger partial charge in [-0.2, -0.15) is 5.10 Å². The van der Waals surface area contributed by atoms with E-state index in [4.69, 9.17) is 10.5 Å². The van der Waals surface area contributed by atoms with Crippen molar-refractivity contribution in [3.8, 4) is 5.69 Å².